The number of aromatic nitrogens is 2. The Kier molecular flexibility index (Phi) is 5.59. The molecule has 1 aromatic rings. The summed E-state index contributed by atoms with van der Waals surface area (Å²) in [5.74, 6) is -3.69. The van der Waals surface area contributed by atoms with Crippen molar-refractivity contribution in [3.8, 4) is 0 Å². The second kappa shape index (κ2) is 7.64. The van der Waals surface area contributed by atoms with Crippen molar-refractivity contribution in [3.63, 3.8) is 0 Å². The van der Waals surface area contributed by atoms with Crippen LogP contribution in [0, 0.1) is 12.3 Å². The number of nitrogens with zero attached hydrogens (tertiary/aromatic N) is 4. The standard InChI is InChI=1S/C20H28F2N4O2/c1-4-5-7-17(27)26-13-19(12-20(21,22)14-26)8-6-9-25(18(19)28)11-16-10-15(2)23-24(16)3/h4,10H,1,5-9,11-14H2,2-3H3/t19-/m0/s1. The third kappa shape index (κ3) is 4.10. The fourth-order valence-corrected chi connectivity index (χ4v) is 4.49. The van der Waals surface area contributed by atoms with Crippen LogP contribution < -0.4 is 0 Å². The highest BCUT2D eigenvalue weighted by Gasteiger charge is 2.55. The van der Waals surface area contributed by atoms with E-state index >= 15 is 0 Å². The van der Waals surface area contributed by atoms with E-state index in [-0.39, 0.29) is 24.8 Å². The molecule has 0 N–H and O–H groups in total. The number of hydrogen-bond acceptors (Lipinski definition) is 3. The zero-order chi connectivity index (χ0) is 20.5. The minimum absolute atomic E-state index is 0.0678. The maximum absolute atomic E-state index is 14.6. The van der Waals surface area contributed by atoms with Crippen LogP contribution in [0.25, 0.3) is 0 Å². The molecule has 1 spiro atoms. The molecule has 3 heterocycles. The van der Waals surface area contributed by atoms with Crippen molar-refractivity contribution >= 4 is 11.8 Å². The van der Waals surface area contributed by atoms with Crippen LogP contribution in [0.5, 0.6) is 0 Å². The Labute approximate surface area is 164 Å². The molecular weight excluding hydrogens is 366 g/mol. The van der Waals surface area contributed by atoms with Crippen LogP contribution in [0.2, 0.25) is 0 Å². The Morgan fingerprint density at radius 1 is 1.39 bits per heavy atom. The van der Waals surface area contributed by atoms with Gasteiger partial charge in [0.05, 0.1) is 29.9 Å². The van der Waals surface area contributed by atoms with Crippen molar-refractivity contribution in [2.24, 2.45) is 12.5 Å². The second-order valence-corrected chi connectivity index (χ2v) is 8.12. The molecule has 0 saturated carbocycles. The summed E-state index contributed by atoms with van der Waals surface area (Å²) in [7, 11) is 1.81. The molecule has 2 aliphatic heterocycles. The Balaban J connectivity index is 1.81. The van der Waals surface area contributed by atoms with Crippen LogP contribution in [0.4, 0.5) is 8.78 Å². The molecule has 0 radical (unpaired) electrons. The van der Waals surface area contributed by atoms with Crippen molar-refractivity contribution < 1.29 is 18.4 Å². The topological polar surface area (TPSA) is 58.4 Å². The van der Waals surface area contributed by atoms with Crippen LogP contribution in [-0.2, 0) is 23.2 Å². The van der Waals surface area contributed by atoms with Gasteiger partial charge in [-0.15, -0.1) is 6.58 Å². The number of hydrogen-bond donors (Lipinski definition) is 0. The SMILES string of the molecule is C=CCCC(=O)N1CC(F)(F)C[C@@]2(CCCN(Cc3cc(C)nn3C)C2=O)C1. The minimum atomic E-state index is -3.07. The Morgan fingerprint density at radius 3 is 2.79 bits per heavy atom. The summed E-state index contributed by atoms with van der Waals surface area (Å²) in [6.07, 6.45) is 2.71. The predicted molar refractivity (Wildman–Crippen MR) is 101 cm³/mol. The van der Waals surface area contributed by atoms with E-state index in [0.29, 0.717) is 32.4 Å². The molecule has 28 heavy (non-hydrogen) atoms. The molecule has 0 bridgehead atoms. The zero-order valence-corrected chi connectivity index (χ0v) is 16.6. The molecule has 0 aliphatic carbocycles. The highest BCUT2D eigenvalue weighted by molar-refractivity contribution is 5.85. The van der Waals surface area contributed by atoms with Crippen LogP contribution >= 0.6 is 0 Å². The molecule has 2 aliphatic rings. The number of halogens is 2. The van der Waals surface area contributed by atoms with Gasteiger partial charge in [0.1, 0.15) is 0 Å². The van der Waals surface area contributed by atoms with E-state index in [0.717, 1.165) is 11.4 Å². The van der Waals surface area contributed by atoms with Gasteiger partial charge in [-0.1, -0.05) is 6.08 Å². The fourth-order valence-electron chi connectivity index (χ4n) is 4.49. The summed E-state index contributed by atoms with van der Waals surface area (Å²) in [4.78, 5) is 28.5. The van der Waals surface area contributed by atoms with Crippen molar-refractivity contribution in [1.82, 2.24) is 19.6 Å². The maximum atomic E-state index is 14.6. The van der Waals surface area contributed by atoms with Gasteiger partial charge in [-0.2, -0.15) is 5.10 Å². The van der Waals surface area contributed by atoms with Crippen molar-refractivity contribution in [2.75, 3.05) is 19.6 Å². The lowest BCUT2D eigenvalue weighted by Gasteiger charge is -2.49. The summed E-state index contributed by atoms with van der Waals surface area (Å²) in [6.45, 7) is 5.77. The van der Waals surface area contributed by atoms with Gasteiger partial charge in [0.2, 0.25) is 11.8 Å². The molecule has 8 heteroatoms. The lowest BCUT2D eigenvalue weighted by molar-refractivity contribution is -0.175. The number of piperidine rings is 2. The first kappa shape index (κ1) is 20.5. The Hall–Kier alpha value is -2.25. The van der Waals surface area contributed by atoms with E-state index in [1.54, 1.807) is 22.7 Å². The van der Waals surface area contributed by atoms with Gasteiger partial charge < -0.3 is 9.80 Å². The highest BCUT2D eigenvalue weighted by Crippen LogP contribution is 2.45. The number of likely N-dealkylation sites (tertiary alicyclic amines) is 2. The fraction of sp³-hybridized carbons (Fsp3) is 0.650. The zero-order valence-electron chi connectivity index (χ0n) is 16.6. The second-order valence-electron chi connectivity index (χ2n) is 8.12. The Bertz CT molecular complexity index is 776. The van der Waals surface area contributed by atoms with E-state index in [9.17, 15) is 18.4 Å². The largest absolute Gasteiger partial charge is 0.336 e. The molecule has 154 valence electrons. The maximum Gasteiger partial charge on any atom is 0.266 e. The van der Waals surface area contributed by atoms with Crippen molar-refractivity contribution in [1.29, 1.82) is 0 Å². The first-order chi connectivity index (χ1) is 13.2. The van der Waals surface area contributed by atoms with Crippen LogP contribution in [0.15, 0.2) is 18.7 Å². The monoisotopic (exact) mass is 394 g/mol. The van der Waals surface area contributed by atoms with Gasteiger partial charge in [0.25, 0.3) is 5.92 Å². The summed E-state index contributed by atoms with van der Waals surface area (Å²) in [5, 5.41) is 4.29. The van der Waals surface area contributed by atoms with Crippen molar-refractivity contribution in [3.05, 3.63) is 30.1 Å². The van der Waals surface area contributed by atoms with Crippen LogP contribution in [-0.4, -0.2) is 57.0 Å². The third-order valence-corrected chi connectivity index (χ3v) is 5.70. The van der Waals surface area contributed by atoms with Gasteiger partial charge in [0, 0.05) is 33.0 Å². The summed E-state index contributed by atoms with van der Waals surface area (Å²) >= 11 is 0. The smallest absolute Gasteiger partial charge is 0.266 e. The first-order valence-electron chi connectivity index (χ1n) is 9.71. The summed E-state index contributed by atoms with van der Waals surface area (Å²) < 4.78 is 30.8. The molecule has 2 saturated heterocycles. The number of carbonyl (C=O) groups is 2. The van der Waals surface area contributed by atoms with Gasteiger partial charge in [-0.05, 0) is 32.3 Å². The average molecular weight is 394 g/mol. The van der Waals surface area contributed by atoms with E-state index in [2.05, 4.69) is 11.7 Å². The van der Waals surface area contributed by atoms with Gasteiger partial charge in [-0.3, -0.25) is 14.3 Å². The molecule has 3 rings (SSSR count). The quantitative estimate of drug-likeness (QED) is 0.722. The van der Waals surface area contributed by atoms with Gasteiger partial charge in [0.15, 0.2) is 0 Å². The molecule has 1 atom stereocenters. The number of carbonyl (C=O) groups excluding carboxylic acids is 2. The van der Waals surface area contributed by atoms with Crippen LogP contribution in [0.1, 0.15) is 43.5 Å². The molecule has 0 aromatic carbocycles. The van der Waals surface area contributed by atoms with Gasteiger partial charge >= 0.3 is 0 Å². The van der Waals surface area contributed by atoms with Crippen molar-refractivity contribution in [2.45, 2.75) is 51.5 Å². The van der Waals surface area contributed by atoms with Crippen LogP contribution in [0.3, 0.4) is 0 Å². The van der Waals surface area contributed by atoms with E-state index in [4.69, 9.17) is 0 Å². The lowest BCUT2D eigenvalue weighted by Crippen LogP contribution is -2.61. The number of alkyl halides is 2. The predicted octanol–water partition coefficient (Wildman–Crippen LogP) is 2.67. The molecule has 2 amide bonds. The normalized spacial score (nSPS) is 24.6. The summed E-state index contributed by atoms with van der Waals surface area (Å²) in [5.41, 5.74) is 0.501. The molecular formula is C20H28F2N4O2. The van der Waals surface area contributed by atoms with Gasteiger partial charge in [-0.25, -0.2) is 8.78 Å². The Morgan fingerprint density at radius 2 is 2.14 bits per heavy atom. The molecule has 1 aromatic heterocycles. The highest BCUT2D eigenvalue weighted by atomic mass is 19.3. The number of amides is 2. The molecule has 2 fully saturated rings. The van der Waals surface area contributed by atoms with E-state index in [1.807, 2.05) is 13.0 Å². The van der Waals surface area contributed by atoms with E-state index < -0.39 is 24.3 Å². The number of allylic oxidation sites excluding steroid dienone is 1. The molecule has 0 unspecified atom stereocenters. The minimum Gasteiger partial charge on any atom is -0.336 e. The number of aryl methyl sites for hydroxylation is 2. The molecule has 6 nitrogen and oxygen atoms in total. The number of rotatable bonds is 5. The first-order valence-corrected chi connectivity index (χ1v) is 9.71. The third-order valence-electron chi connectivity index (χ3n) is 5.70. The lowest BCUT2D eigenvalue weighted by atomic mass is 9.71. The average Bonchev–Trinajstić information content (AvgIpc) is 2.92. The summed E-state index contributed by atoms with van der Waals surface area (Å²) in [6, 6.07) is 1.90. The van der Waals surface area contributed by atoms with E-state index in [1.165, 1.54) is 4.90 Å².